The van der Waals surface area contributed by atoms with E-state index in [-0.39, 0.29) is 11.8 Å². The highest BCUT2D eigenvalue weighted by molar-refractivity contribution is 6.06. The van der Waals surface area contributed by atoms with E-state index in [1.54, 1.807) is 0 Å². The number of likely N-dealkylation sites (tertiary alicyclic amines) is 2. The molecule has 4 nitrogen and oxygen atoms in total. The summed E-state index contributed by atoms with van der Waals surface area (Å²) in [6, 6.07) is 8.91. The van der Waals surface area contributed by atoms with Gasteiger partial charge >= 0.3 is 0 Å². The van der Waals surface area contributed by atoms with Crippen molar-refractivity contribution in [1.82, 2.24) is 9.80 Å². The Morgan fingerprint density at radius 2 is 1.09 bits per heavy atom. The molecule has 2 aliphatic rings. The molecule has 0 N–H and O–H groups in total. The third-order valence-electron chi connectivity index (χ3n) is 8.34. The van der Waals surface area contributed by atoms with Crippen LogP contribution in [0.25, 0.3) is 0 Å². The van der Waals surface area contributed by atoms with Gasteiger partial charge in [-0.05, 0) is 99.6 Å². The van der Waals surface area contributed by atoms with E-state index in [2.05, 4.69) is 65.8 Å². The second-order valence-corrected chi connectivity index (χ2v) is 10.9. The molecule has 0 bridgehead atoms. The minimum atomic E-state index is -0.882. The molecule has 0 aromatic heterocycles. The summed E-state index contributed by atoms with van der Waals surface area (Å²) < 4.78 is 0. The molecule has 1 spiro atoms. The Hall–Kier alpha value is -2.62. The number of aryl methyl sites for hydroxylation is 6. The number of piperidine rings is 2. The van der Waals surface area contributed by atoms with E-state index >= 15 is 0 Å². The van der Waals surface area contributed by atoms with Gasteiger partial charge in [0.05, 0.1) is 0 Å². The first kappa shape index (κ1) is 25.5. The van der Waals surface area contributed by atoms with Gasteiger partial charge < -0.3 is 9.80 Å². The van der Waals surface area contributed by atoms with Crippen LogP contribution in [0.2, 0.25) is 0 Å². The maximum Gasteiger partial charge on any atom is 0.238 e. The Bertz CT molecular complexity index is 1040. The summed E-state index contributed by atoms with van der Waals surface area (Å²) in [5, 5.41) is 0. The third kappa shape index (κ3) is 4.77. The van der Waals surface area contributed by atoms with Gasteiger partial charge in [-0.25, -0.2) is 0 Å². The Labute approximate surface area is 211 Å². The molecule has 2 amide bonds. The summed E-state index contributed by atoms with van der Waals surface area (Å²) in [7, 11) is 0. The van der Waals surface area contributed by atoms with Crippen molar-refractivity contribution in [3.8, 4) is 0 Å². The van der Waals surface area contributed by atoms with Crippen molar-refractivity contribution in [1.29, 1.82) is 0 Å². The zero-order valence-corrected chi connectivity index (χ0v) is 22.6. The molecule has 2 saturated heterocycles. The van der Waals surface area contributed by atoms with Crippen molar-refractivity contribution in [2.24, 2.45) is 5.41 Å². The van der Waals surface area contributed by atoms with E-state index in [1.165, 1.54) is 44.5 Å². The van der Waals surface area contributed by atoms with E-state index in [0.29, 0.717) is 25.9 Å². The first-order chi connectivity index (χ1) is 16.7. The number of hydrogen-bond donors (Lipinski definition) is 0. The molecular weight excluding hydrogens is 432 g/mol. The molecule has 4 rings (SSSR count). The molecule has 4 heteroatoms. The summed E-state index contributed by atoms with van der Waals surface area (Å²) >= 11 is 0. The Balaban J connectivity index is 1.60. The van der Waals surface area contributed by atoms with Crippen molar-refractivity contribution in [3.05, 3.63) is 68.8 Å². The summed E-state index contributed by atoms with van der Waals surface area (Å²) in [6.07, 6.45) is 5.04. The molecule has 2 fully saturated rings. The topological polar surface area (TPSA) is 40.6 Å². The van der Waals surface area contributed by atoms with Crippen LogP contribution in [0, 0.1) is 33.1 Å². The fraction of sp³-hybridized carbons (Fsp3) is 0.548. The van der Waals surface area contributed by atoms with Crippen molar-refractivity contribution >= 4 is 11.8 Å². The van der Waals surface area contributed by atoms with E-state index < -0.39 is 5.41 Å². The maximum absolute atomic E-state index is 14.0. The molecule has 2 aromatic rings. The number of rotatable bonds is 6. The van der Waals surface area contributed by atoms with Crippen LogP contribution >= 0.6 is 0 Å². The van der Waals surface area contributed by atoms with E-state index in [0.717, 1.165) is 38.8 Å². The highest BCUT2D eigenvalue weighted by Gasteiger charge is 2.53. The highest BCUT2D eigenvalue weighted by atomic mass is 16.2. The van der Waals surface area contributed by atoms with Crippen LogP contribution in [0.4, 0.5) is 0 Å². The van der Waals surface area contributed by atoms with Gasteiger partial charge in [0, 0.05) is 26.2 Å². The number of carbonyl (C=O) groups excluding carboxylic acids is 2. The van der Waals surface area contributed by atoms with E-state index in [1.807, 2.05) is 9.80 Å². The predicted molar refractivity (Wildman–Crippen MR) is 142 cm³/mol. The lowest BCUT2D eigenvalue weighted by Crippen LogP contribution is -2.59. The summed E-state index contributed by atoms with van der Waals surface area (Å²) in [6.45, 7) is 15.6. The van der Waals surface area contributed by atoms with Gasteiger partial charge in [0.1, 0.15) is 5.41 Å². The zero-order valence-electron chi connectivity index (χ0n) is 22.6. The average molecular weight is 475 g/mol. The molecule has 2 aromatic carbocycles. The molecule has 35 heavy (non-hydrogen) atoms. The molecule has 0 radical (unpaired) electrons. The first-order valence-corrected chi connectivity index (χ1v) is 13.5. The van der Waals surface area contributed by atoms with Crippen molar-refractivity contribution < 1.29 is 9.59 Å². The van der Waals surface area contributed by atoms with Gasteiger partial charge in [0.2, 0.25) is 11.8 Å². The quantitative estimate of drug-likeness (QED) is 0.484. The van der Waals surface area contributed by atoms with Gasteiger partial charge in [-0.15, -0.1) is 0 Å². The van der Waals surface area contributed by atoms with Crippen molar-refractivity contribution in [2.75, 3.05) is 13.1 Å². The highest BCUT2D eigenvalue weighted by Crippen LogP contribution is 2.42. The van der Waals surface area contributed by atoms with Crippen LogP contribution in [0.15, 0.2) is 24.3 Å². The van der Waals surface area contributed by atoms with Crippen LogP contribution in [0.3, 0.4) is 0 Å². The van der Waals surface area contributed by atoms with Crippen molar-refractivity contribution in [3.63, 3.8) is 0 Å². The molecule has 2 aliphatic heterocycles. The number of amides is 2. The molecule has 0 saturated carbocycles. The van der Waals surface area contributed by atoms with Gasteiger partial charge in [0.25, 0.3) is 0 Å². The fourth-order valence-electron chi connectivity index (χ4n) is 6.53. The summed E-state index contributed by atoms with van der Waals surface area (Å²) in [4.78, 5) is 32.0. The normalized spacial score (nSPS) is 18.0. The van der Waals surface area contributed by atoms with Crippen molar-refractivity contribution in [2.45, 2.75) is 93.2 Å². The Kier molecular flexibility index (Phi) is 7.40. The Morgan fingerprint density at radius 1 is 0.686 bits per heavy atom. The number of benzene rings is 2. The van der Waals surface area contributed by atoms with E-state index in [9.17, 15) is 9.59 Å². The SMILES string of the molecule is CCc1cc(C)cc(C)c1CN1CCCC2(CCCN(Cc3c(C)cc(C)cc3CC)C2=O)C1=O. The number of carbonyl (C=O) groups is 2. The lowest BCUT2D eigenvalue weighted by Gasteiger charge is -2.46. The standard InChI is InChI=1S/C31H42N2O2/c1-7-25-17-21(3)15-23(5)27(25)19-32-13-9-11-31(29(32)34)12-10-14-33(30(31)35)20-28-24(6)16-22(4)18-26(28)8-2/h15-18H,7-14,19-20H2,1-6H3. The minimum absolute atomic E-state index is 0.0526. The van der Waals surface area contributed by atoms with Crippen LogP contribution in [-0.4, -0.2) is 34.7 Å². The first-order valence-electron chi connectivity index (χ1n) is 13.5. The smallest absolute Gasteiger partial charge is 0.238 e. The molecule has 2 heterocycles. The molecule has 0 aliphatic carbocycles. The van der Waals surface area contributed by atoms with Gasteiger partial charge in [-0.2, -0.15) is 0 Å². The van der Waals surface area contributed by atoms with Gasteiger partial charge in [-0.1, -0.05) is 49.2 Å². The van der Waals surface area contributed by atoms with E-state index in [4.69, 9.17) is 0 Å². The third-order valence-corrected chi connectivity index (χ3v) is 8.34. The summed E-state index contributed by atoms with van der Waals surface area (Å²) in [5.41, 5.74) is 9.27. The monoisotopic (exact) mass is 474 g/mol. The zero-order chi connectivity index (χ0) is 25.3. The van der Waals surface area contributed by atoms with Crippen LogP contribution < -0.4 is 0 Å². The van der Waals surface area contributed by atoms with Crippen LogP contribution in [-0.2, 0) is 35.5 Å². The van der Waals surface area contributed by atoms with Gasteiger partial charge in [0.15, 0.2) is 0 Å². The molecular formula is C31H42N2O2. The van der Waals surface area contributed by atoms with Gasteiger partial charge in [-0.3, -0.25) is 9.59 Å². The molecule has 0 atom stereocenters. The maximum atomic E-state index is 14.0. The molecule has 0 unspecified atom stereocenters. The second-order valence-electron chi connectivity index (χ2n) is 10.9. The lowest BCUT2D eigenvalue weighted by molar-refractivity contribution is -0.165. The minimum Gasteiger partial charge on any atom is -0.337 e. The predicted octanol–water partition coefficient (Wildman–Crippen LogP) is 5.98. The number of hydrogen-bond acceptors (Lipinski definition) is 2. The van der Waals surface area contributed by atoms with Crippen LogP contribution in [0.5, 0.6) is 0 Å². The Morgan fingerprint density at radius 3 is 1.46 bits per heavy atom. The molecule has 188 valence electrons. The fourth-order valence-corrected chi connectivity index (χ4v) is 6.53. The number of nitrogens with zero attached hydrogens (tertiary/aromatic N) is 2. The largest absolute Gasteiger partial charge is 0.337 e. The van der Waals surface area contributed by atoms with Crippen LogP contribution in [0.1, 0.15) is 84.0 Å². The average Bonchev–Trinajstić information content (AvgIpc) is 2.82. The summed E-state index contributed by atoms with van der Waals surface area (Å²) in [5.74, 6) is 0.105. The lowest BCUT2D eigenvalue weighted by atomic mass is 9.72. The second kappa shape index (κ2) is 10.2.